The number of amides is 2. The molecular formula is C25H34ClN3O6S. The molecule has 0 spiro atoms. The molecule has 2 aromatic carbocycles. The van der Waals surface area contributed by atoms with Crippen LogP contribution in [0.4, 0.5) is 5.69 Å². The second-order valence-electron chi connectivity index (χ2n) is 8.41. The fourth-order valence-corrected chi connectivity index (χ4v) is 4.49. The molecule has 0 bridgehead atoms. The number of ether oxygens (including phenoxy) is 2. The van der Waals surface area contributed by atoms with Crippen molar-refractivity contribution < 1.29 is 27.5 Å². The van der Waals surface area contributed by atoms with Crippen molar-refractivity contribution in [3.8, 4) is 11.5 Å². The first-order chi connectivity index (χ1) is 16.9. The van der Waals surface area contributed by atoms with Gasteiger partial charge in [0.2, 0.25) is 21.8 Å². The van der Waals surface area contributed by atoms with E-state index in [0.717, 1.165) is 17.0 Å². The molecule has 0 heterocycles. The van der Waals surface area contributed by atoms with Crippen LogP contribution in [-0.4, -0.2) is 64.2 Å². The summed E-state index contributed by atoms with van der Waals surface area (Å²) in [5.74, 6) is -0.249. The third-order valence-electron chi connectivity index (χ3n) is 5.80. The summed E-state index contributed by atoms with van der Waals surface area (Å²) in [6.45, 7) is 4.88. The number of hydrogen-bond acceptors (Lipinski definition) is 6. The number of hydrogen-bond donors (Lipinski definition) is 1. The highest BCUT2D eigenvalue weighted by molar-refractivity contribution is 7.92. The van der Waals surface area contributed by atoms with Crippen molar-refractivity contribution in [1.29, 1.82) is 0 Å². The van der Waals surface area contributed by atoms with Crippen LogP contribution in [0.2, 0.25) is 5.02 Å². The number of carbonyl (C=O) groups excluding carboxylic acids is 2. The minimum absolute atomic E-state index is 0.0188. The number of carbonyl (C=O) groups is 2. The van der Waals surface area contributed by atoms with E-state index in [1.807, 2.05) is 13.8 Å². The molecule has 0 aliphatic carbocycles. The van der Waals surface area contributed by atoms with Crippen LogP contribution < -0.4 is 19.1 Å². The zero-order valence-corrected chi connectivity index (χ0v) is 23.0. The fraction of sp³-hybridized carbons (Fsp3) is 0.440. The molecule has 0 aliphatic rings. The Morgan fingerprint density at radius 2 is 1.75 bits per heavy atom. The van der Waals surface area contributed by atoms with Gasteiger partial charge in [-0.2, -0.15) is 0 Å². The van der Waals surface area contributed by atoms with E-state index in [4.69, 9.17) is 21.1 Å². The van der Waals surface area contributed by atoms with Crippen molar-refractivity contribution in [2.45, 2.75) is 45.8 Å². The van der Waals surface area contributed by atoms with E-state index >= 15 is 0 Å². The Labute approximate surface area is 218 Å². The van der Waals surface area contributed by atoms with Gasteiger partial charge >= 0.3 is 0 Å². The first-order valence-corrected chi connectivity index (χ1v) is 13.7. The molecule has 198 valence electrons. The molecule has 0 fully saturated rings. The first kappa shape index (κ1) is 29.3. The standard InChI is InChI=1S/C25H34ClN3O6S/c1-7-17(2)27-25(31)18(3)28(15-19-10-8-9-11-21(19)26)24(30)16-29(36(6,32)33)22-13-12-20(34-4)14-23(22)35-5/h8-14,17-18H,7,15-16H2,1-6H3,(H,27,31)/t17-,18+/m1/s1. The predicted molar refractivity (Wildman–Crippen MR) is 141 cm³/mol. The smallest absolute Gasteiger partial charge is 0.244 e. The van der Waals surface area contributed by atoms with Crippen LogP contribution in [-0.2, 0) is 26.2 Å². The average Bonchev–Trinajstić information content (AvgIpc) is 2.85. The van der Waals surface area contributed by atoms with Crippen molar-refractivity contribution in [3.05, 3.63) is 53.1 Å². The van der Waals surface area contributed by atoms with Crippen LogP contribution in [0, 0.1) is 0 Å². The molecule has 1 N–H and O–H groups in total. The lowest BCUT2D eigenvalue weighted by Gasteiger charge is -2.32. The van der Waals surface area contributed by atoms with Crippen molar-refractivity contribution >= 4 is 39.1 Å². The number of nitrogens with zero attached hydrogens (tertiary/aromatic N) is 2. The molecule has 0 saturated heterocycles. The molecule has 0 unspecified atom stereocenters. The van der Waals surface area contributed by atoms with Crippen LogP contribution in [0.5, 0.6) is 11.5 Å². The van der Waals surface area contributed by atoms with Gasteiger partial charge in [0.15, 0.2) is 0 Å². The Kier molecular flexibility index (Phi) is 10.4. The van der Waals surface area contributed by atoms with Crippen LogP contribution in [0.3, 0.4) is 0 Å². The van der Waals surface area contributed by atoms with Crippen molar-refractivity contribution in [3.63, 3.8) is 0 Å². The highest BCUT2D eigenvalue weighted by atomic mass is 35.5. The van der Waals surface area contributed by atoms with E-state index in [2.05, 4.69) is 5.32 Å². The molecular weight excluding hydrogens is 506 g/mol. The monoisotopic (exact) mass is 539 g/mol. The van der Waals surface area contributed by atoms with Gasteiger partial charge in [-0.05, 0) is 44.0 Å². The Balaban J connectivity index is 2.47. The summed E-state index contributed by atoms with van der Waals surface area (Å²) in [7, 11) is -1.04. The van der Waals surface area contributed by atoms with E-state index in [1.54, 1.807) is 37.3 Å². The maximum absolute atomic E-state index is 13.6. The lowest BCUT2D eigenvalue weighted by molar-refractivity contribution is -0.139. The number of sulfonamides is 1. The Morgan fingerprint density at radius 3 is 2.31 bits per heavy atom. The summed E-state index contributed by atoms with van der Waals surface area (Å²) in [6, 6.07) is 10.6. The lowest BCUT2D eigenvalue weighted by Crippen LogP contribution is -2.52. The van der Waals surface area contributed by atoms with Gasteiger partial charge < -0.3 is 19.7 Å². The Morgan fingerprint density at radius 1 is 1.08 bits per heavy atom. The molecule has 2 atom stereocenters. The largest absolute Gasteiger partial charge is 0.497 e. The molecule has 0 aromatic heterocycles. The van der Waals surface area contributed by atoms with Crippen molar-refractivity contribution in [1.82, 2.24) is 10.2 Å². The molecule has 36 heavy (non-hydrogen) atoms. The van der Waals surface area contributed by atoms with Gasteiger partial charge in [-0.25, -0.2) is 8.42 Å². The van der Waals surface area contributed by atoms with Gasteiger partial charge in [0.05, 0.1) is 26.2 Å². The molecule has 9 nitrogen and oxygen atoms in total. The topological polar surface area (TPSA) is 105 Å². The summed E-state index contributed by atoms with van der Waals surface area (Å²) < 4.78 is 37.1. The SMILES string of the molecule is CC[C@@H](C)NC(=O)[C@H](C)N(Cc1ccccc1Cl)C(=O)CN(c1ccc(OC)cc1OC)S(C)(=O)=O. The maximum atomic E-state index is 13.6. The zero-order chi connectivity index (χ0) is 27.0. The van der Waals surface area contributed by atoms with Crippen LogP contribution in [0.15, 0.2) is 42.5 Å². The van der Waals surface area contributed by atoms with E-state index in [-0.39, 0.29) is 29.9 Å². The summed E-state index contributed by atoms with van der Waals surface area (Å²) in [6.07, 6.45) is 1.72. The minimum atomic E-state index is -3.91. The summed E-state index contributed by atoms with van der Waals surface area (Å²) in [5, 5.41) is 3.31. The number of rotatable bonds is 12. The number of nitrogens with one attached hydrogen (secondary N) is 1. The lowest BCUT2D eigenvalue weighted by atomic mass is 10.1. The maximum Gasteiger partial charge on any atom is 0.244 e. The fourth-order valence-electron chi connectivity index (χ4n) is 3.44. The van der Waals surface area contributed by atoms with Gasteiger partial charge in [0, 0.05) is 23.7 Å². The molecule has 0 saturated carbocycles. The molecule has 2 aromatic rings. The van der Waals surface area contributed by atoms with Gasteiger partial charge in [-0.1, -0.05) is 36.7 Å². The van der Waals surface area contributed by atoms with Crippen LogP contribution >= 0.6 is 11.6 Å². The first-order valence-electron chi connectivity index (χ1n) is 11.5. The zero-order valence-electron chi connectivity index (χ0n) is 21.4. The quantitative estimate of drug-likeness (QED) is 0.443. The number of halogens is 1. The molecule has 11 heteroatoms. The predicted octanol–water partition coefficient (Wildman–Crippen LogP) is 3.46. The summed E-state index contributed by atoms with van der Waals surface area (Å²) in [5.41, 5.74) is 0.798. The van der Waals surface area contributed by atoms with E-state index in [0.29, 0.717) is 16.3 Å². The number of methoxy groups -OCH3 is 2. The van der Waals surface area contributed by atoms with Crippen LogP contribution in [0.25, 0.3) is 0 Å². The Hall–Kier alpha value is -2.98. The Bertz CT molecular complexity index is 1170. The van der Waals surface area contributed by atoms with Gasteiger partial charge in [-0.15, -0.1) is 0 Å². The van der Waals surface area contributed by atoms with E-state index in [1.165, 1.54) is 31.3 Å². The van der Waals surface area contributed by atoms with Gasteiger partial charge in [0.25, 0.3) is 0 Å². The van der Waals surface area contributed by atoms with Crippen LogP contribution in [0.1, 0.15) is 32.8 Å². The third-order valence-corrected chi connectivity index (χ3v) is 7.30. The number of benzene rings is 2. The average molecular weight is 540 g/mol. The van der Waals surface area contributed by atoms with E-state index in [9.17, 15) is 18.0 Å². The molecule has 0 radical (unpaired) electrons. The highest BCUT2D eigenvalue weighted by Gasteiger charge is 2.31. The van der Waals surface area contributed by atoms with Crippen molar-refractivity contribution in [2.24, 2.45) is 0 Å². The normalized spacial score (nSPS) is 12.9. The van der Waals surface area contributed by atoms with Gasteiger partial charge in [-0.3, -0.25) is 13.9 Å². The second kappa shape index (κ2) is 12.8. The van der Waals surface area contributed by atoms with Gasteiger partial charge in [0.1, 0.15) is 24.1 Å². The molecule has 2 rings (SSSR count). The second-order valence-corrected chi connectivity index (χ2v) is 10.7. The molecule has 0 aliphatic heterocycles. The summed E-state index contributed by atoms with van der Waals surface area (Å²) in [4.78, 5) is 27.9. The summed E-state index contributed by atoms with van der Waals surface area (Å²) >= 11 is 6.33. The van der Waals surface area contributed by atoms with Crippen molar-refractivity contribution in [2.75, 3.05) is 31.3 Å². The molecule has 2 amide bonds. The number of anilines is 1. The highest BCUT2D eigenvalue weighted by Crippen LogP contribution is 2.33. The minimum Gasteiger partial charge on any atom is -0.497 e. The third kappa shape index (κ3) is 7.51. The van der Waals surface area contributed by atoms with E-state index < -0.39 is 28.5 Å².